The molecule has 6 nitrogen and oxygen atoms in total. The predicted molar refractivity (Wildman–Crippen MR) is 79.0 cm³/mol. The lowest BCUT2D eigenvalue weighted by atomic mass is 10.2. The van der Waals surface area contributed by atoms with Crippen LogP contribution in [0.15, 0.2) is 48.5 Å². The molecule has 0 aliphatic carbocycles. The van der Waals surface area contributed by atoms with Crippen LogP contribution in [-0.2, 0) is 9.78 Å². The van der Waals surface area contributed by atoms with Crippen LogP contribution in [0.4, 0.5) is 0 Å². The number of carbonyl (C=O) groups excluding carboxylic acids is 2. The summed E-state index contributed by atoms with van der Waals surface area (Å²) in [6.07, 6.45) is 0. The smallest absolute Gasteiger partial charge is 0.295 e. The predicted octanol–water partition coefficient (Wildman–Crippen LogP) is 3.94. The number of rotatable bonds is 2. The molecule has 0 fully saturated rings. The van der Waals surface area contributed by atoms with Gasteiger partial charge in [0.15, 0.2) is 0 Å². The van der Waals surface area contributed by atoms with Gasteiger partial charge in [0.05, 0.1) is 21.2 Å². The van der Waals surface area contributed by atoms with Crippen molar-refractivity contribution in [3.8, 4) is 0 Å². The van der Waals surface area contributed by atoms with Crippen molar-refractivity contribution in [2.24, 2.45) is 0 Å². The molecule has 0 aliphatic rings. The van der Waals surface area contributed by atoms with Crippen LogP contribution >= 0.6 is 23.2 Å². The summed E-state index contributed by atoms with van der Waals surface area (Å²) in [4.78, 5) is 28.3. The second kappa shape index (κ2) is 9.01. The van der Waals surface area contributed by atoms with Gasteiger partial charge in [0, 0.05) is 0 Å². The highest BCUT2D eigenvalue weighted by Crippen LogP contribution is 2.15. The van der Waals surface area contributed by atoms with E-state index < -0.39 is 11.9 Å². The maximum atomic E-state index is 10.7. The highest BCUT2D eigenvalue weighted by atomic mass is 35.5. The fourth-order valence-electron chi connectivity index (χ4n) is 1.35. The number of hydrogen-bond donors (Lipinski definition) is 2. The van der Waals surface area contributed by atoms with Crippen LogP contribution in [0.1, 0.15) is 20.7 Å². The molecule has 0 radical (unpaired) electrons. The van der Waals surface area contributed by atoms with E-state index in [1.54, 1.807) is 24.3 Å². The molecule has 2 aromatic rings. The lowest BCUT2D eigenvalue weighted by molar-refractivity contribution is -0.182. The van der Waals surface area contributed by atoms with Crippen molar-refractivity contribution < 1.29 is 29.9 Å². The number of hydrogen-bond acceptors (Lipinski definition) is 6. The van der Waals surface area contributed by atoms with Crippen LogP contribution in [0.2, 0.25) is 10.0 Å². The van der Waals surface area contributed by atoms with E-state index in [0.717, 1.165) is 0 Å². The first-order valence-electron chi connectivity index (χ1n) is 5.71. The van der Waals surface area contributed by atoms with E-state index in [4.69, 9.17) is 33.7 Å². The molecular formula is C14H10Cl2O6. The topological polar surface area (TPSA) is 93.1 Å². The first-order valence-corrected chi connectivity index (χ1v) is 6.47. The molecule has 0 atom stereocenters. The SMILES string of the molecule is O=C(OO)c1ccccc1Cl.O=C(OO)c1ccccc1Cl. The van der Waals surface area contributed by atoms with Crippen molar-refractivity contribution in [1.29, 1.82) is 0 Å². The minimum absolute atomic E-state index is 0.150. The average molecular weight is 345 g/mol. The zero-order valence-corrected chi connectivity index (χ0v) is 12.4. The average Bonchev–Trinajstić information content (AvgIpc) is 2.55. The molecule has 8 heteroatoms. The summed E-state index contributed by atoms with van der Waals surface area (Å²) in [6, 6.07) is 12.6. The van der Waals surface area contributed by atoms with Gasteiger partial charge in [-0.1, -0.05) is 47.5 Å². The molecule has 0 aliphatic heterocycles. The molecule has 2 rings (SSSR count). The molecular weight excluding hydrogens is 335 g/mol. The van der Waals surface area contributed by atoms with Gasteiger partial charge in [0.2, 0.25) is 0 Å². The molecule has 116 valence electrons. The van der Waals surface area contributed by atoms with Gasteiger partial charge in [0.1, 0.15) is 0 Å². The standard InChI is InChI=1S/2C7H5ClO3/c2*8-6-4-2-1-3-5(6)7(9)11-10/h2*1-4,10H. The Morgan fingerprint density at radius 1 is 0.727 bits per heavy atom. The van der Waals surface area contributed by atoms with Gasteiger partial charge >= 0.3 is 11.9 Å². The summed E-state index contributed by atoms with van der Waals surface area (Å²) in [5.41, 5.74) is 0.299. The summed E-state index contributed by atoms with van der Waals surface area (Å²) in [5, 5.41) is 16.5. The molecule has 2 aromatic carbocycles. The molecule has 0 spiro atoms. The Morgan fingerprint density at radius 2 is 1.05 bits per heavy atom. The number of carbonyl (C=O) groups is 2. The Kier molecular flexibility index (Phi) is 7.34. The monoisotopic (exact) mass is 344 g/mol. The van der Waals surface area contributed by atoms with Gasteiger partial charge in [-0.25, -0.2) is 9.59 Å². The molecule has 0 saturated carbocycles. The highest BCUT2D eigenvalue weighted by molar-refractivity contribution is 6.33. The van der Waals surface area contributed by atoms with E-state index in [9.17, 15) is 9.59 Å². The van der Waals surface area contributed by atoms with Crippen LogP contribution in [0.5, 0.6) is 0 Å². The molecule has 0 amide bonds. The van der Waals surface area contributed by atoms with Crippen LogP contribution in [0.25, 0.3) is 0 Å². The molecule has 0 aromatic heterocycles. The molecule has 2 N–H and O–H groups in total. The number of halogens is 2. The maximum Gasteiger partial charge on any atom is 0.374 e. The molecule has 0 saturated heterocycles. The summed E-state index contributed by atoms with van der Waals surface area (Å²) < 4.78 is 0. The lowest BCUT2D eigenvalue weighted by Gasteiger charge is -1.97. The Labute approximate surface area is 135 Å². The van der Waals surface area contributed by atoms with Crippen molar-refractivity contribution in [1.82, 2.24) is 0 Å². The van der Waals surface area contributed by atoms with Crippen molar-refractivity contribution >= 4 is 35.1 Å². The Bertz CT molecular complexity index is 602. The van der Waals surface area contributed by atoms with Gasteiger partial charge in [-0.05, 0) is 24.3 Å². The van der Waals surface area contributed by atoms with Crippen molar-refractivity contribution in [3.05, 3.63) is 69.7 Å². The molecule has 0 unspecified atom stereocenters. The van der Waals surface area contributed by atoms with Gasteiger partial charge in [-0.2, -0.15) is 10.5 Å². The van der Waals surface area contributed by atoms with Crippen molar-refractivity contribution in [2.45, 2.75) is 0 Å². The van der Waals surface area contributed by atoms with Crippen LogP contribution < -0.4 is 0 Å². The summed E-state index contributed by atoms with van der Waals surface area (Å²) in [7, 11) is 0. The Balaban J connectivity index is 0.000000220. The van der Waals surface area contributed by atoms with E-state index in [-0.39, 0.29) is 21.2 Å². The molecule has 22 heavy (non-hydrogen) atoms. The first-order chi connectivity index (χ1) is 10.5. The van der Waals surface area contributed by atoms with E-state index in [1.807, 2.05) is 0 Å². The van der Waals surface area contributed by atoms with Gasteiger partial charge in [0.25, 0.3) is 0 Å². The summed E-state index contributed by atoms with van der Waals surface area (Å²) in [5.74, 6) is -1.70. The maximum absolute atomic E-state index is 10.7. The quantitative estimate of drug-likeness (QED) is 0.633. The number of benzene rings is 2. The summed E-state index contributed by atoms with van der Waals surface area (Å²) in [6.45, 7) is 0. The second-order valence-corrected chi connectivity index (χ2v) is 4.53. The van der Waals surface area contributed by atoms with Gasteiger partial charge < -0.3 is 0 Å². The molecule has 0 bridgehead atoms. The third-order valence-electron chi connectivity index (χ3n) is 2.35. The third kappa shape index (κ3) is 5.01. The fourth-order valence-corrected chi connectivity index (χ4v) is 1.78. The Morgan fingerprint density at radius 3 is 1.32 bits per heavy atom. The van der Waals surface area contributed by atoms with Crippen LogP contribution in [0, 0.1) is 0 Å². The van der Waals surface area contributed by atoms with Crippen LogP contribution in [-0.4, -0.2) is 22.5 Å². The first kappa shape index (κ1) is 17.9. The van der Waals surface area contributed by atoms with Gasteiger partial charge in [-0.15, -0.1) is 0 Å². The van der Waals surface area contributed by atoms with E-state index in [1.165, 1.54) is 24.3 Å². The minimum atomic E-state index is -0.851. The van der Waals surface area contributed by atoms with Crippen LogP contribution in [0.3, 0.4) is 0 Å². The van der Waals surface area contributed by atoms with E-state index >= 15 is 0 Å². The minimum Gasteiger partial charge on any atom is -0.295 e. The van der Waals surface area contributed by atoms with E-state index in [2.05, 4.69) is 9.78 Å². The van der Waals surface area contributed by atoms with Crippen molar-refractivity contribution in [3.63, 3.8) is 0 Å². The normalized spacial score (nSPS) is 9.27. The summed E-state index contributed by atoms with van der Waals surface area (Å²) >= 11 is 11.2. The van der Waals surface area contributed by atoms with Gasteiger partial charge in [-0.3, -0.25) is 9.78 Å². The third-order valence-corrected chi connectivity index (χ3v) is 3.01. The Hall–Kier alpha value is -2.12. The molecule has 0 heterocycles. The lowest BCUT2D eigenvalue weighted by Crippen LogP contribution is -2.01. The highest BCUT2D eigenvalue weighted by Gasteiger charge is 2.10. The largest absolute Gasteiger partial charge is 0.374 e. The second-order valence-electron chi connectivity index (χ2n) is 3.72. The zero-order valence-electron chi connectivity index (χ0n) is 10.9. The van der Waals surface area contributed by atoms with Crippen molar-refractivity contribution in [2.75, 3.05) is 0 Å². The van der Waals surface area contributed by atoms with E-state index in [0.29, 0.717) is 0 Å². The zero-order chi connectivity index (χ0) is 16.5. The fraction of sp³-hybridized carbons (Fsp3) is 0.